The normalized spacial score (nSPS) is 50.6. The number of ether oxygens (including phenoxy) is 9. The molecular formula is C56H88O23. The van der Waals surface area contributed by atoms with E-state index in [0.717, 1.165) is 5.57 Å². The second-order valence-electron chi connectivity index (χ2n) is 25.8. The minimum absolute atomic E-state index is 0.0431. The van der Waals surface area contributed by atoms with E-state index in [1.165, 1.54) is 26.8 Å². The van der Waals surface area contributed by atoms with Crippen LogP contribution in [0.1, 0.15) is 121 Å². The fraction of sp³-hybridized carbons (Fsp3) is 0.875. The first kappa shape index (κ1) is 62.3. The monoisotopic (exact) mass is 1130 g/mol. The lowest BCUT2D eigenvalue weighted by atomic mass is 9.33. The number of carbonyl (C=O) groups excluding carboxylic acids is 3. The molecule has 3 aliphatic heterocycles. The van der Waals surface area contributed by atoms with Gasteiger partial charge in [0, 0.05) is 24.8 Å². The zero-order valence-corrected chi connectivity index (χ0v) is 47.2. The Hall–Kier alpha value is -2.79. The molecule has 8 rings (SSSR count). The molecule has 0 radical (unpaired) electrons. The topological polar surface area (TPSA) is 357 Å². The quantitative estimate of drug-likeness (QED) is 0.0384. The molecule has 0 aromatic carbocycles. The van der Waals surface area contributed by atoms with Crippen LogP contribution in [0.2, 0.25) is 0 Å². The molecule has 0 spiro atoms. The van der Waals surface area contributed by atoms with Crippen LogP contribution in [0.25, 0.3) is 0 Å². The molecule has 0 aromatic heterocycles. The number of hydrogen-bond acceptors (Lipinski definition) is 23. The van der Waals surface area contributed by atoms with Crippen molar-refractivity contribution in [1.82, 2.24) is 0 Å². The number of fused-ring (bicyclic) bond motifs is 7. The smallest absolute Gasteiger partial charge is 0.333 e. The minimum atomic E-state index is -1.94. The zero-order chi connectivity index (χ0) is 58.4. The summed E-state index contributed by atoms with van der Waals surface area (Å²) in [5.74, 6) is -2.91. The zero-order valence-electron chi connectivity index (χ0n) is 47.2. The molecule has 0 aromatic rings. The van der Waals surface area contributed by atoms with E-state index in [1.54, 1.807) is 13.8 Å². The van der Waals surface area contributed by atoms with Gasteiger partial charge in [-0.2, -0.15) is 0 Å². The molecule has 11 N–H and O–H groups in total. The van der Waals surface area contributed by atoms with Crippen LogP contribution in [-0.4, -0.2) is 211 Å². The van der Waals surface area contributed by atoms with Crippen LogP contribution < -0.4 is 0 Å². The Bertz CT molecular complexity index is 2290. The fourth-order valence-electron chi connectivity index (χ4n) is 16.2. The van der Waals surface area contributed by atoms with E-state index in [2.05, 4.69) is 26.8 Å². The van der Waals surface area contributed by atoms with E-state index in [1.807, 2.05) is 20.8 Å². The van der Waals surface area contributed by atoms with E-state index in [4.69, 9.17) is 42.6 Å². The van der Waals surface area contributed by atoms with E-state index in [0.29, 0.717) is 38.5 Å². The van der Waals surface area contributed by atoms with Gasteiger partial charge < -0.3 is 98.8 Å². The predicted molar refractivity (Wildman–Crippen MR) is 272 cm³/mol. The number of allylic oxidation sites excluding steroid dienone is 3. The molecule has 450 valence electrons. The maximum atomic E-state index is 13.1. The van der Waals surface area contributed by atoms with Gasteiger partial charge in [-0.15, -0.1) is 0 Å². The van der Waals surface area contributed by atoms with Crippen molar-refractivity contribution in [3.8, 4) is 0 Å². The van der Waals surface area contributed by atoms with Crippen LogP contribution in [0.3, 0.4) is 0 Å². The number of esters is 3. The van der Waals surface area contributed by atoms with Crippen molar-refractivity contribution in [1.29, 1.82) is 0 Å². The van der Waals surface area contributed by atoms with Crippen LogP contribution in [0, 0.1) is 50.2 Å². The van der Waals surface area contributed by atoms with Crippen molar-refractivity contribution in [2.24, 2.45) is 50.2 Å². The molecule has 4 saturated carbocycles. The van der Waals surface area contributed by atoms with Gasteiger partial charge in [-0.3, -0.25) is 9.59 Å². The van der Waals surface area contributed by atoms with Crippen molar-refractivity contribution in [2.45, 2.75) is 238 Å². The Kier molecular flexibility index (Phi) is 17.9. The summed E-state index contributed by atoms with van der Waals surface area (Å²) in [6, 6.07) is 0. The Morgan fingerprint density at radius 2 is 1.37 bits per heavy atom. The molecule has 5 aliphatic carbocycles. The van der Waals surface area contributed by atoms with Gasteiger partial charge in [0.05, 0.1) is 49.1 Å². The average molecular weight is 1130 g/mol. The highest BCUT2D eigenvalue weighted by molar-refractivity contribution is 5.87. The predicted octanol–water partition coefficient (Wildman–Crippen LogP) is 0.143. The van der Waals surface area contributed by atoms with Crippen LogP contribution >= 0.6 is 0 Å². The van der Waals surface area contributed by atoms with Crippen molar-refractivity contribution in [2.75, 3.05) is 19.8 Å². The molecule has 7 fully saturated rings. The first-order valence-electron chi connectivity index (χ1n) is 28.0. The third-order valence-electron chi connectivity index (χ3n) is 21.0. The van der Waals surface area contributed by atoms with Crippen molar-refractivity contribution < 1.29 is 113 Å². The van der Waals surface area contributed by atoms with Gasteiger partial charge in [0.15, 0.2) is 37.4 Å². The van der Waals surface area contributed by atoms with Gasteiger partial charge in [-0.05, 0) is 105 Å². The number of rotatable bonds is 13. The van der Waals surface area contributed by atoms with Crippen LogP contribution in [0.4, 0.5) is 0 Å². The summed E-state index contributed by atoms with van der Waals surface area (Å²) >= 11 is 0. The fourth-order valence-corrected chi connectivity index (χ4v) is 16.2. The van der Waals surface area contributed by atoms with Crippen LogP contribution in [0.5, 0.6) is 0 Å². The van der Waals surface area contributed by atoms with Gasteiger partial charge in [0.1, 0.15) is 55.4 Å². The Morgan fingerprint density at radius 1 is 0.696 bits per heavy atom. The summed E-state index contributed by atoms with van der Waals surface area (Å²) in [6.07, 6.45) is -22.3. The maximum Gasteiger partial charge on any atom is 0.333 e. The summed E-state index contributed by atoms with van der Waals surface area (Å²) in [7, 11) is 0. The third-order valence-corrected chi connectivity index (χ3v) is 21.0. The second kappa shape index (κ2) is 22.7. The second-order valence-corrected chi connectivity index (χ2v) is 25.8. The van der Waals surface area contributed by atoms with Gasteiger partial charge >= 0.3 is 17.9 Å². The number of carbonyl (C=O) groups is 3. The van der Waals surface area contributed by atoms with E-state index >= 15 is 0 Å². The molecule has 3 heterocycles. The number of hydrogen-bond donors (Lipinski definition) is 11. The van der Waals surface area contributed by atoms with Crippen molar-refractivity contribution in [3.05, 3.63) is 23.3 Å². The van der Waals surface area contributed by atoms with E-state index in [9.17, 15) is 70.6 Å². The highest BCUT2D eigenvalue weighted by atomic mass is 16.8. The van der Waals surface area contributed by atoms with Gasteiger partial charge in [-0.25, -0.2) is 4.79 Å². The number of aliphatic hydroxyl groups excluding tert-OH is 11. The van der Waals surface area contributed by atoms with E-state index < -0.39 is 180 Å². The molecule has 8 aliphatic rings. The summed E-state index contributed by atoms with van der Waals surface area (Å²) < 4.78 is 53.8. The molecule has 0 bridgehead atoms. The van der Waals surface area contributed by atoms with Gasteiger partial charge in [0.25, 0.3) is 0 Å². The standard InChI is InChI=1S/C56H88O23/c1-12-24(2)46(69)76-42-40(67)49(72-25(3)41(42)73-27(5)60)78-45-44(68)56(23-71-26(4)59)29(19-51(45,6)7)28-13-14-32-52(8)17-16-34(53(9,22-58)31(52)15-18-54(32,10)55(28,11)20-33(56)61)75-50-43(37(64)38(65)47(70)79-50)77-48-39(66)36(63)35(62)30(21-57)74-48/h12-13,25,29-45,47-50,57-58,61-68,70H,14-23H2,1-11H3. The molecule has 79 heavy (non-hydrogen) atoms. The SMILES string of the molecule is CC=C(C)C(=O)OC1C(O)C(OC2C(O)C3(COC(C)=O)C(O)CC4(C)C(=CCC5C6(C)CCC(OC7OC(O)C(O)C(O)C7OC7OC(CO)C(O)C(O)C7O)C(C)(CO)C6CCC54C)C3CC2(C)C)OC(C)C1OC(C)=O. The van der Waals surface area contributed by atoms with E-state index in [-0.39, 0.29) is 37.0 Å². The highest BCUT2D eigenvalue weighted by Gasteiger charge is 2.74. The van der Waals surface area contributed by atoms with Gasteiger partial charge in [0.2, 0.25) is 0 Å². The third kappa shape index (κ3) is 10.3. The summed E-state index contributed by atoms with van der Waals surface area (Å²) in [5, 5.41) is 124. The first-order chi connectivity index (χ1) is 36.8. The summed E-state index contributed by atoms with van der Waals surface area (Å²) in [4.78, 5) is 38.1. The average Bonchev–Trinajstić information content (AvgIpc) is 3.50. The van der Waals surface area contributed by atoms with Crippen LogP contribution in [0.15, 0.2) is 23.3 Å². The van der Waals surface area contributed by atoms with Gasteiger partial charge in [-0.1, -0.05) is 59.3 Å². The van der Waals surface area contributed by atoms with Crippen molar-refractivity contribution in [3.63, 3.8) is 0 Å². The molecule has 23 heteroatoms. The Balaban J connectivity index is 1.08. The van der Waals surface area contributed by atoms with Crippen LogP contribution in [-0.2, 0) is 57.0 Å². The lowest BCUT2D eigenvalue weighted by Crippen LogP contribution is -2.73. The van der Waals surface area contributed by atoms with Crippen molar-refractivity contribution >= 4 is 17.9 Å². The summed E-state index contributed by atoms with van der Waals surface area (Å²) in [5.41, 5.74) is -3.89. The molecule has 27 unspecified atom stereocenters. The largest absolute Gasteiger partial charge is 0.465 e. The number of aliphatic hydroxyl groups is 11. The molecule has 23 nitrogen and oxygen atoms in total. The molecular weight excluding hydrogens is 1040 g/mol. The minimum Gasteiger partial charge on any atom is -0.465 e. The summed E-state index contributed by atoms with van der Waals surface area (Å²) in [6.45, 7) is 18.1. The Labute approximate surface area is 461 Å². The Morgan fingerprint density at radius 3 is 1.99 bits per heavy atom. The molecule has 3 saturated heterocycles. The molecule has 0 amide bonds. The molecule has 27 atom stereocenters. The highest BCUT2D eigenvalue weighted by Crippen LogP contribution is 2.76. The lowest BCUT2D eigenvalue weighted by molar-refractivity contribution is -0.396. The maximum absolute atomic E-state index is 13.1. The first-order valence-corrected chi connectivity index (χ1v) is 28.0. The lowest BCUT2D eigenvalue weighted by Gasteiger charge is -2.72.